The van der Waals surface area contributed by atoms with Gasteiger partial charge in [-0.15, -0.1) is 0 Å². The Morgan fingerprint density at radius 2 is 2.05 bits per heavy atom. The van der Waals surface area contributed by atoms with E-state index in [0.717, 1.165) is 30.0 Å². The Labute approximate surface area is 128 Å². The molecule has 0 aliphatic heterocycles. The lowest BCUT2D eigenvalue weighted by molar-refractivity contribution is 0.242. The number of rotatable bonds is 6. The van der Waals surface area contributed by atoms with E-state index in [2.05, 4.69) is 56.4 Å². The van der Waals surface area contributed by atoms with Gasteiger partial charge in [-0.3, -0.25) is 0 Å². The number of ether oxygens (including phenoxy) is 1. The van der Waals surface area contributed by atoms with E-state index < -0.39 is 0 Å². The van der Waals surface area contributed by atoms with Crippen molar-refractivity contribution in [2.24, 2.45) is 17.8 Å². The van der Waals surface area contributed by atoms with Crippen LogP contribution in [0.1, 0.15) is 45.2 Å². The SMILES string of the molecule is CC(C)Oc1cccc(C(C)NCC2CC3C=CC2C3)c1. The van der Waals surface area contributed by atoms with Gasteiger partial charge in [-0.2, -0.15) is 0 Å². The van der Waals surface area contributed by atoms with E-state index in [-0.39, 0.29) is 6.10 Å². The highest BCUT2D eigenvalue weighted by molar-refractivity contribution is 5.30. The number of fused-ring (bicyclic) bond motifs is 2. The van der Waals surface area contributed by atoms with Crippen molar-refractivity contribution in [3.05, 3.63) is 42.0 Å². The summed E-state index contributed by atoms with van der Waals surface area (Å²) in [5, 5.41) is 3.72. The molecule has 2 heteroatoms. The second-order valence-electron chi connectivity index (χ2n) is 6.91. The molecule has 1 fully saturated rings. The highest BCUT2D eigenvalue weighted by Crippen LogP contribution is 2.43. The third-order valence-electron chi connectivity index (χ3n) is 4.83. The zero-order valence-corrected chi connectivity index (χ0v) is 13.4. The quantitative estimate of drug-likeness (QED) is 0.785. The van der Waals surface area contributed by atoms with Crippen molar-refractivity contribution < 1.29 is 4.74 Å². The molecule has 0 radical (unpaired) electrons. The summed E-state index contributed by atoms with van der Waals surface area (Å²) in [6, 6.07) is 8.86. The van der Waals surface area contributed by atoms with Crippen molar-refractivity contribution in [1.82, 2.24) is 5.32 Å². The van der Waals surface area contributed by atoms with E-state index in [1.165, 1.54) is 18.4 Å². The molecule has 2 bridgehead atoms. The number of benzene rings is 1. The van der Waals surface area contributed by atoms with Crippen LogP contribution in [0.15, 0.2) is 36.4 Å². The molecule has 1 saturated carbocycles. The van der Waals surface area contributed by atoms with E-state index in [1.54, 1.807) is 0 Å². The Kier molecular flexibility index (Phi) is 4.34. The van der Waals surface area contributed by atoms with Crippen LogP contribution in [0.25, 0.3) is 0 Å². The van der Waals surface area contributed by atoms with Crippen LogP contribution < -0.4 is 10.1 Å². The minimum Gasteiger partial charge on any atom is -0.491 e. The van der Waals surface area contributed by atoms with Gasteiger partial charge in [-0.05, 0) is 75.6 Å². The summed E-state index contributed by atoms with van der Waals surface area (Å²) in [5.74, 6) is 3.49. The van der Waals surface area contributed by atoms with Crippen LogP contribution in [0.3, 0.4) is 0 Å². The van der Waals surface area contributed by atoms with Crippen LogP contribution in [0.2, 0.25) is 0 Å². The van der Waals surface area contributed by atoms with E-state index in [4.69, 9.17) is 4.74 Å². The highest BCUT2D eigenvalue weighted by atomic mass is 16.5. The third kappa shape index (κ3) is 3.49. The molecule has 0 heterocycles. The van der Waals surface area contributed by atoms with Gasteiger partial charge in [0.1, 0.15) is 5.75 Å². The number of allylic oxidation sites excluding steroid dienone is 2. The van der Waals surface area contributed by atoms with Gasteiger partial charge in [0, 0.05) is 6.04 Å². The lowest BCUT2D eigenvalue weighted by atomic mass is 9.93. The Balaban J connectivity index is 1.55. The standard InChI is InChI=1S/C19H27NO/c1-13(2)21-19-6-4-5-16(11-19)14(3)20-12-18-10-15-7-8-17(18)9-15/h4-8,11,13-15,17-18,20H,9-10,12H2,1-3H3. The fraction of sp³-hybridized carbons (Fsp3) is 0.579. The Hall–Kier alpha value is -1.28. The molecule has 3 rings (SSSR count). The van der Waals surface area contributed by atoms with Gasteiger partial charge in [-0.25, -0.2) is 0 Å². The van der Waals surface area contributed by atoms with E-state index in [0.29, 0.717) is 6.04 Å². The molecule has 1 aromatic carbocycles. The zero-order chi connectivity index (χ0) is 14.8. The van der Waals surface area contributed by atoms with Crippen molar-refractivity contribution in [3.63, 3.8) is 0 Å². The summed E-state index contributed by atoms with van der Waals surface area (Å²) in [4.78, 5) is 0. The van der Waals surface area contributed by atoms with Crippen LogP contribution in [0.5, 0.6) is 5.75 Å². The first kappa shape index (κ1) is 14.6. The molecule has 114 valence electrons. The fourth-order valence-electron chi connectivity index (χ4n) is 3.70. The van der Waals surface area contributed by atoms with Crippen LogP contribution in [0, 0.1) is 17.8 Å². The molecule has 2 aliphatic rings. The molecular weight excluding hydrogens is 258 g/mol. The molecule has 0 aromatic heterocycles. The van der Waals surface area contributed by atoms with Crippen LogP contribution >= 0.6 is 0 Å². The van der Waals surface area contributed by atoms with Gasteiger partial charge in [0.2, 0.25) is 0 Å². The first-order chi connectivity index (χ1) is 10.1. The molecule has 4 unspecified atom stereocenters. The molecule has 0 saturated heterocycles. The summed E-state index contributed by atoms with van der Waals surface area (Å²) in [6.45, 7) is 7.51. The molecule has 0 amide bonds. The normalized spacial score (nSPS) is 28.3. The molecule has 21 heavy (non-hydrogen) atoms. The summed E-state index contributed by atoms with van der Waals surface area (Å²) >= 11 is 0. The van der Waals surface area contributed by atoms with Gasteiger partial charge in [0.05, 0.1) is 6.10 Å². The molecule has 2 aliphatic carbocycles. The second-order valence-corrected chi connectivity index (χ2v) is 6.91. The molecule has 0 spiro atoms. The van der Waals surface area contributed by atoms with Crippen molar-refractivity contribution >= 4 is 0 Å². The van der Waals surface area contributed by atoms with Gasteiger partial charge >= 0.3 is 0 Å². The van der Waals surface area contributed by atoms with Crippen molar-refractivity contribution in [1.29, 1.82) is 0 Å². The summed E-state index contributed by atoms with van der Waals surface area (Å²) in [5.41, 5.74) is 1.31. The fourth-order valence-corrected chi connectivity index (χ4v) is 3.70. The molecular formula is C19H27NO. The maximum absolute atomic E-state index is 5.79. The maximum atomic E-state index is 5.79. The lowest BCUT2D eigenvalue weighted by Gasteiger charge is -2.22. The smallest absolute Gasteiger partial charge is 0.120 e. The average Bonchev–Trinajstić information content (AvgIpc) is 3.06. The largest absolute Gasteiger partial charge is 0.491 e. The van der Waals surface area contributed by atoms with Crippen LogP contribution in [-0.4, -0.2) is 12.6 Å². The predicted octanol–water partition coefficient (Wildman–Crippen LogP) is 4.34. The first-order valence-corrected chi connectivity index (χ1v) is 8.30. The Bertz CT molecular complexity index is 508. The summed E-state index contributed by atoms with van der Waals surface area (Å²) in [7, 11) is 0. The van der Waals surface area contributed by atoms with Crippen LogP contribution in [-0.2, 0) is 0 Å². The van der Waals surface area contributed by atoms with Crippen molar-refractivity contribution in [3.8, 4) is 5.75 Å². The Morgan fingerprint density at radius 3 is 2.71 bits per heavy atom. The molecule has 1 N–H and O–H groups in total. The van der Waals surface area contributed by atoms with Gasteiger partial charge in [0.25, 0.3) is 0 Å². The van der Waals surface area contributed by atoms with Gasteiger partial charge in [0.15, 0.2) is 0 Å². The molecule has 4 atom stereocenters. The minimum atomic E-state index is 0.226. The average molecular weight is 285 g/mol. The lowest BCUT2D eigenvalue weighted by Crippen LogP contribution is -2.27. The zero-order valence-electron chi connectivity index (χ0n) is 13.4. The van der Waals surface area contributed by atoms with Crippen molar-refractivity contribution in [2.75, 3.05) is 6.54 Å². The van der Waals surface area contributed by atoms with E-state index in [9.17, 15) is 0 Å². The number of nitrogens with one attached hydrogen (secondary N) is 1. The predicted molar refractivity (Wildman–Crippen MR) is 87.5 cm³/mol. The van der Waals surface area contributed by atoms with Crippen LogP contribution in [0.4, 0.5) is 0 Å². The molecule has 2 nitrogen and oxygen atoms in total. The topological polar surface area (TPSA) is 21.3 Å². The highest BCUT2D eigenvalue weighted by Gasteiger charge is 2.35. The molecule has 1 aromatic rings. The number of hydrogen-bond acceptors (Lipinski definition) is 2. The Morgan fingerprint density at radius 1 is 1.19 bits per heavy atom. The van der Waals surface area contributed by atoms with Gasteiger partial charge < -0.3 is 10.1 Å². The van der Waals surface area contributed by atoms with E-state index >= 15 is 0 Å². The van der Waals surface area contributed by atoms with Gasteiger partial charge in [-0.1, -0.05) is 24.3 Å². The summed E-state index contributed by atoms with van der Waals surface area (Å²) in [6.07, 6.45) is 7.83. The minimum absolute atomic E-state index is 0.226. The maximum Gasteiger partial charge on any atom is 0.120 e. The van der Waals surface area contributed by atoms with E-state index in [1.807, 2.05) is 6.07 Å². The second kappa shape index (κ2) is 6.23. The number of hydrogen-bond donors (Lipinski definition) is 1. The monoisotopic (exact) mass is 285 g/mol. The third-order valence-corrected chi connectivity index (χ3v) is 4.83. The van der Waals surface area contributed by atoms with Crippen molar-refractivity contribution in [2.45, 2.75) is 45.8 Å². The summed E-state index contributed by atoms with van der Waals surface area (Å²) < 4.78 is 5.79. The first-order valence-electron chi connectivity index (χ1n) is 8.30.